The first-order valence-corrected chi connectivity index (χ1v) is 9.84. The van der Waals surface area contributed by atoms with Gasteiger partial charge in [-0.25, -0.2) is 9.59 Å². The topological polar surface area (TPSA) is 65.1 Å². The molecular weight excluding hydrogens is 346 g/mol. The minimum absolute atomic E-state index is 0.109. The number of esters is 2. The van der Waals surface area contributed by atoms with Crippen LogP contribution >= 0.6 is 0 Å². The monoisotopic (exact) mass is 381 g/mol. The molecule has 1 aliphatic heterocycles. The molecule has 1 aliphatic rings. The van der Waals surface area contributed by atoms with E-state index in [-0.39, 0.29) is 30.7 Å². The molecule has 1 heterocycles. The minimum Gasteiger partial charge on any atom is -0.463 e. The molecule has 1 saturated heterocycles. The average Bonchev–Trinajstić information content (AvgIpc) is 2.56. The highest BCUT2D eigenvalue weighted by molar-refractivity contribution is 6.03. The number of carbonyl (C=O) groups excluding carboxylic acids is 2. The van der Waals surface area contributed by atoms with Gasteiger partial charge in [0.05, 0.1) is 13.2 Å². The molecule has 0 aliphatic carbocycles. The van der Waals surface area contributed by atoms with Crippen LogP contribution in [-0.2, 0) is 23.9 Å². The second kappa shape index (κ2) is 9.57. The number of piperidine rings is 1. The van der Waals surface area contributed by atoms with Gasteiger partial charge in [-0.3, -0.25) is 4.84 Å². The van der Waals surface area contributed by atoms with Crippen molar-refractivity contribution in [1.29, 1.82) is 0 Å². The Balaban J connectivity index is 3.37. The zero-order chi connectivity index (χ0) is 20.7. The van der Waals surface area contributed by atoms with E-state index >= 15 is 0 Å². The summed E-state index contributed by atoms with van der Waals surface area (Å²) in [4.78, 5) is 32.2. The summed E-state index contributed by atoms with van der Waals surface area (Å²) < 4.78 is 10.5. The number of rotatable bonds is 9. The summed E-state index contributed by atoms with van der Waals surface area (Å²) in [6.07, 6.45) is 9.17. The van der Waals surface area contributed by atoms with Gasteiger partial charge in [-0.2, -0.15) is 5.06 Å². The van der Waals surface area contributed by atoms with Gasteiger partial charge in [0.1, 0.15) is 0 Å². The van der Waals surface area contributed by atoms with Gasteiger partial charge in [-0.15, -0.1) is 12.3 Å². The number of nitrogens with zero attached hydrogens (tertiary/aromatic N) is 1. The van der Waals surface area contributed by atoms with Crippen LogP contribution in [0, 0.1) is 12.3 Å². The van der Waals surface area contributed by atoms with Crippen molar-refractivity contribution in [1.82, 2.24) is 5.06 Å². The first-order valence-electron chi connectivity index (χ1n) is 9.84. The molecule has 0 atom stereocenters. The molecule has 0 unspecified atom stereocenters. The van der Waals surface area contributed by atoms with Gasteiger partial charge >= 0.3 is 11.9 Å². The Labute approximate surface area is 163 Å². The second-order valence-corrected chi connectivity index (χ2v) is 8.19. The molecular formula is C21H35NO5. The Morgan fingerprint density at radius 2 is 1.52 bits per heavy atom. The summed E-state index contributed by atoms with van der Waals surface area (Å²) in [5.74, 6) is 1.10. The zero-order valence-electron chi connectivity index (χ0n) is 17.7. The molecule has 0 bridgehead atoms. The molecule has 6 nitrogen and oxygen atoms in total. The van der Waals surface area contributed by atoms with Crippen molar-refractivity contribution >= 4 is 11.9 Å². The van der Waals surface area contributed by atoms with Gasteiger partial charge in [0.15, 0.2) is 0 Å². The molecule has 0 aromatic rings. The smallest absolute Gasteiger partial charge is 0.352 e. The lowest BCUT2D eigenvalue weighted by atomic mass is 9.82. The maximum absolute atomic E-state index is 12.9. The van der Waals surface area contributed by atoms with Crippen LogP contribution in [0.15, 0.2) is 0 Å². The molecule has 0 spiro atoms. The van der Waals surface area contributed by atoms with Crippen LogP contribution in [0.3, 0.4) is 0 Å². The Morgan fingerprint density at radius 3 is 1.93 bits per heavy atom. The summed E-state index contributed by atoms with van der Waals surface area (Å²) >= 11 is 0. The van der Waals surface area contributed by atoms with Gasteiger partial charge in [0.25, 0.3) is 5.60 Å². The van der Waals surface area contributed by atoms with E-state index in [0.29, 0.717) is 12.8 Å². The van der Waals surface area contributed by atoms with E-state index in [4.69, 9.17) is 20.7 Å². The van der Waals surface area contributed by atoms with Gasteiger partial charge in [0.2, 0.25) is 0 Å². The lowest BCUT2D eigenvalue weighted by Crippen LogP contribution is -2.65. The van der Waals surface area contributed by atoms with Crippen LogP contribution in [0.2, 0.25) is 0 Å². The minimum atomic E-state index is -1.85. The van der Waals surface area contributed by atoms with Crippen molar-refractivity contribution in [3.63, 3.8) is 0 Å². The average molecular weight is 382 g/mol. The van der Waals surface area contributed by atoms with E-state index in [9.17, 15) is 9.59 Å². The Bertz CT molecular complexity index is 527. The maximum atomic E-state index is 12.9. The molecule has 1 rings (SSSR count). The van der Waals surface area contributed by atoms with E-state index in [0.717, 1.165) is 19.3 Å². The Kier molecular flexibility index (Phi) is 8.31. The Hall–Kier alpha value is -1.58. The highest BCUT2D eigenvalue weighted by Crippen LogP contribution is 2.41. The number of hydrogen-bond acceptors (Lipinski definition) is 6. The molecule has 0 amide bonds. The lowest BCUT2D eigenvalue weighted by Gasteiger charge is -2.53. The normalized spacial score (nSPS) is 19.1. The largest absolute Gasteiger partial charge is 0.463 e. The summed E-state index contributed by atoms with van der Waals surface area (Å²) in [7, 11) is 0. The summed E-state index contributed by atoms with van der Waals surface area (Å²) in [5, 5.41) is 1.80. The van der Waals surface area contributed by atoms with Crippen LogP contribution in [0.25, 0.3) is 0 Å². The third-order valence-electron chi connectivity index (χ3n) is 4.98. The van der Waals surface area contributed by atoms with Crippen LogP contribution in [-0.4, -0.2) is 46.9 Å². The van der Waals surface area contributed by atoms with Crippen LogP contribution < -0.4 is 0 Å². The summed E-state index contributed by atoms with van der Waals surface area (Å²) in [6, 6.07) is 0. The van der Waals surface area contributed by atoms with Crippen molar-refractivity contribution in [3.8, 4) is 12.3 Å². The lowest BCUT2D eigenvalue weighted by molar-refractivity contribution is -0.329. The maximum Gasteiger partial charge on any atom is 0.352 e. The van der Waals surface area contributed by atoms with E-state index in [2.05, 4.69) is 33.6 Å². The number of hydrogen-bond donors (Lipinski definition) is 0. The predicted molar refractivity (Wildman–Crippen MR) is 104 cm³/mol. The van der Waals surface area contributed by atoms with Gasteiger partial charge < -0.3 is 9.47 Å². The van der Waals surface area contributed by atoms with Crippen LogP contribution in [0.5, 0.6) is 0 Å². The number of unbranched alkanes of at least 4 members (excludes halogenated alkanes) is 1. The molecule has 6 heteroatoms. The second-order valence-electron chi connectivity index (χ2n) is 8.19. The standard InChI is InChI=1S/C21H35NO5/c1-8-11-12-16-21(17(23)25-9-2,18(24)26-10-3)27-22-19(4,5)14-13-15-20(22,6)7/h1H,9-16H2,2-7H3. The van der Waals surface area contributed by atoms with Crippen LogP contribution in [0.4, 0.5) is 0 Å². The van der Waals surface area contributed by atoms with Gasteiger partial charge in [-0.1, -0.05) is 0 Å². The van der Waals surface area contributed by atoms with E-state index in [1.54, 1.807) is 18.9 Å². The van der Waals surface area contributed by atoms with Crippen LogP contribution in [0.1, 0.15) is 80.1 Å². The first-order chi connectivity index (χ1) is 12.6. The molecule has 0 N–H and O–H groups in total. The quantitative estimate of drug-likeness (QED) is 0.263. The molecule has 154 valence electrons. The van der Waals surface area contributed by atoms with Crippen molar-refractivity contribution in [2.75, 3.05) is 13.2 Å². The summed E-state index contributed by atoms with van der Waals surface area (Å²) in [5.41, 5.74) is -2.55. The first kappa shape index (κ1) is 23.5. The summed E-state index contributed by atoms with van der Waals surface area (Å²) in [6.45, 7) is 11.9. The van der Waals surface area contributed by atoms with E-state index in [1.807, 2.05) is 0 Å². The SMILES string of the molecule is C#CCCCC(ON1C(C)(C)CCCC1(C)C)(C(=O)OCC)C(=O)OCC. The third kappa shape index (κ3) is 5.46. The predicted octanol–water partition coefficient (Wildman–Crippen LogP) is 3.63. The van der Waals surface area contributed by atoms with Crippen molar-refractivity contribution in [2.45, 2.75) is 96.7 Å². The fraction of sp³-hybridized carbons (Fsp3) is 0.810. The number of terminal acetylenes is 1. The van der Waals surface area contributed by atoms with Gasteiger partial charge in [-0.05, 0) is 67.2 Å². The number of hydroxylamine groups is 2. The van der Waals surface area contributed by atoms with E-state index in [1.165, 1.54) is 0 Å². The molecule has 0 aromatic heterocycles. The number of ether oxygens (including phenoxy) is 2. The van der Waals surface area contributed by atoms with E-state index < -0.39 is 17.5 Å². The van der Waals surface area contributed by atoms with Crippen molar-refractivity contribution in [3.05, 3.63) is 0 Å². The fourth-order valence-electron chi connectivity index (χ4n) is 3.72. The van der Waals surface area contributed by atoms with Crippen molar-refractivity contribution in [2.24, 2.45) is 0 Å². The highest BCUT2D eigenvalue weighted by Gasteiger charge is 2.56. The fourth-order valence-corrected chi connectivity index (χ4v) is 3.72. The van der Waals surface area contributed by atoms with Crippen molar-refractivity contribution < 1.29 is 23.9 Å². The molecule has 0 saturated carbocycles. The molecule has 0 radical (unpaired) electrons. The molecule has 27 heavy (non-hydrogen) atoms. The number of carbonyl (C=O) groups is 2. The van der Waals surface area contributed by atoms with Gasteiger partial charge in [0, 0.05) is 23.9 Å². The third-order valence-corrected chi connectivity index (χ3v) is 4.98. The highest BCUT2D eigenvalue weighted by atomic mass is 16.7. The molecule has 1 fully saturated rings. The zero-order valence-corrected chi connectivity index (χ0v) is 17.7. The Morgan fingerprint density at radius 1 is 1.04 bits per heavy atom. The molecule has 0 aromatic carbocycles.